The maximum absolute atomic E-state index is 13.0. The molecule has 0 aliphatic carbocycles. The number of alkyl carbamates (subject to hydrolysis) is 1. The van der Waals surface area contributed by atoms with E-state index < -0.39 is 13.9 Å². The highest BCUT2D eigenvalue weighted by atomic mass is 35.5. The van der Waals surface area contributed by atoms with Gasteiger partial charge in [-0.2, -0.15) is 0 Å². The third kappa shape index (κ3) is 12.1. The Morgan fingerprint density at radius 2 is 1.64 bits per heavy atom. The second kappa shape index (κ2) is 16.6. The molecule has 2 aliphatic rings. The lowest BCUT2D eigenvalue weighted by Crippen LogP contribution is -2.52. The van der Waals surface area contributed by atoms with E-state index in [1.807, 2.05) is 27.7 Å². The molecule has 4 N–H and O–H groups in total. The number of piperidine rings is 2. The third-order valence-electron chi connectivity index (χ3n) is 9.91. The van der Waals surface area contributed by atoms with E-state index in [1.54, 1.807) is 12.1 Å². The van der Waals surface area contributed by atoms with Crippen molar-refractivity contribution in [1.82, 2.24) is 20.4 Å². The lowest BCUT2D eigenvalue weighted by molar-refractivity contribution is -0.0188. The van der Waals surface area contributed by atoms with E-state index in [4.69, 9.17) is 31.2 Å². The molecule has 2 amide bonds. The molecule has 3 rings (SSSR count). The normalized spacial score (nSPS) is 19.2. The number of nitrogens with zero attached hydrogens (tertiary/aromatic N) is 2. The number of rotatable bonds is 12. The SMILES string of the molecule is COc1cc(N)c(Cl)cc1C(=O)NC1CCN(CC2CCN([C@H](CC[C@H](C)NC(=O)OC(C)(C)C)O[Si](C)(C)C(C)(C)C)CC2)CC1. The van der Waals surface area contributed by atoms with Crippen LogP contribution < -0.4 is 21.1 Å². The first-order chi connectivity index (χ1) is 21.8. The van der Waals surface area contributed by atoms with Crippen molar-refractivity contribution >= 4 is 37.6 Å². The highest BCUT2D eigenvalue weighted by Gasteiger charge is 2.41. The van der Waals surface area contributed by atoms with Crippen LogP contribution in [0.1, 0.15) is 97.3 Å². The van der Waals surface area contributed by atoms with Gasteiger partial charge < -0.3 is 35.2 Å². The molecule has 47 heavy (non-hydrogen) atoms. The molecule has 2 atom stereocenters. The van der Waals surface area contributed by atoms with Gasteiger partial charge in [-0.05, 0) is 96.3 Å². The first kappa shape index (κ1) is 39.4. The Bertz CT molecular complexity index is 1190. The van der Waals surface area contributed by atoms with Gasteiger partial charge in [0, 0.05) is 50.9 Å². The summed E-state index contributed by atoms with van der Waals surface area (Å²) in [7, 11) is -0.477. The van der Waals surface area contributed by atoms with Crippen molar-refractivity contribution in [2.45, 2.75) is 129 Å². The molecule has 1 aromatic carbocycles. The quantitative estimate of drug-likeness (QED) is 0.160. The zero-order valence-corrected chi connectivity index (χ0v) is 32.4. The van der Waals surface area contributed by atoms with Gasteiger partial charge in [-0.3, -0.25) is 9.69 Å². The summed E-state index contributed by atoms with van der Waals surface area (Å²) in [6.07, 6.45) is 5.44. The molecule has 0 unspecified atom stereocenters. The van der Waals surface area contributed by atoms with E-state index in [9.17, 15) is 9.59 Å². The van der Waals surface area contributed by atoms with Crippen LogP contribution in [-0.2, 0) is 9.16 Å². The minimum atomic E-state index is -2.00. The summed E-state index contributed by atoms with van der Waals surface area (Å²) in [6, 6.07) is 3.28. The van der Waals surface area contributed by atoms with Crippen LogP contribution in [0.25, 0.3) is 0 Å². The van der Waals surface area contributed by atoms with Crippen molar-refractivity contribution in [3.05, 3.63) is 22.7 Å². The predicted octanol–water partition coefficient (Wildman–Crippen LogP) is 6.88. The molecule has 10 nitrogen and oxygen atoms in total. The van der Waals surface area contributed by atoms with Crippen LogP contribution in [0.5, 0.6) is 5.75 Å². The van der Waals surface area contributed by atoms with Crippen molar-refractivity contribution in [3.63, 3.8) is 0 Å². The molecule has 0 spiro atoms. The van der Waals surface area contributed by atoms with Crippen LogP contribution in [0.4, 0.5) is 10.5 Å². The highest BCUT2D eigenvalue weighted by Crippen LogP contribution is 2.39. The number of nitrogens with one attached hydrogen (secondary N) is 2. The number of methoxy groups -OCH3 is 1. The molecule has 0 saturated carbocycles. The number of ether oxygens (including phenoxy) is 2. The molecular weight excluding hydrogens is 634 g/mol. The molecular formula is C35H62ClN5O5Si. The summed E-state index contributed by atoms with van der Waals surface area (Å²) in [4.78, 5) is 30.5. The van der Waals surface area contributed by atoms with Crippen LogP contribution in [0.15, 0.2) is 12.1 Å². The van der Waals surface area contributed by atoms with Crippen molar-refractivity contribution in [3.8, 4) is 5.75 Å². The number of nitrogens with two attached hydrogens (primary N) is 1. The fraction of sp³-hybridized carbons (Fsp3) is 0.771. The minimum absolute atomic E-state index is 0.00747. The summed E-state index contributed by atoms with van der Waals surface area (Å²) >= 11 is 6.18. The Morgan fingerprint density at radius 1 is 1.02 bits per heavy atom. The Labute approximate surface area is 289 Å². The monoisotopic (exact) mass is 695 g/mol. The highest BCUT2D eigenvalue weighted by molar-refractivity contribution is 6.74. The van der Waals surface area contributed by atoms with Crippen LogP contribution in [-0.4, -0.2) is 93.9 Å². The summed E-state index contributed by atoms with van der Waals surface area (Å²) in [5, 5.41) is 6.64. The number of carbonyl (C=O) groups is 2. The Balaban J connectivity index is 1.50. The standard InChI is InChI=1S/C35H62ClN5O5Si/c1-24(38-33(43)45-34(2,3)4)11-12-31(46-47(9,10)35(5,6)7)41-19-13-25(14-20-41)23-40-17-15-26(16-18-40)39-32(42)27-21-28(36)29(37)22-30(27)44-8/h21-22,24-26,31H,11-20,23,37H2,1-10H3,(H,38,43)(H,39,42)/t24-,31-/m0/s1. The lowest BCUT2D eigenvalue weighted by atomic mass is 9.94. The number of likely N-dealkylation sites (tertiary alicyclic amines) is 2. The second-order valence-electron chi connectivity index (χ2n) is 16.1. The van der Waals surface area contributed by atoms with Gasteiger partial charge in [0.15, 0.2) is 8.32 Å². The molecule has 0 radical (unpaired) electrons. The maximum atomic E-state index is 13.0. The topological polar surface area (TPSA) is 118 Å². The first-order valence-electron chi connectivity index (χ1n) is 17.4. The second-order valence-corrected chi connectivity index (χ2v) is 21.2. The largest absolute Gasteiger partial charge is 0.496 e. The molecule has 2 heterocycles. The number of hydrogen-bond donors (Lipinski definition) is 3. The summed E-state index contributed by atoms with van der Waals surface area (Å²) in [6.45, 7) is 24.2. The molecule has 0 aromatic heterocycles. The van der Waals surface area contributed by atoms with Crippen LogP contribution in [0.2, 0.25) is 23.2 Å². The van der Waals surface area contributed by atoms with Crippen molar-refractivity contribution in [1.29, 1.82) is 0 Å². The molecule has 12 heteroatoms. The van der Waals surface area contributed by atoms with Gasteiger partial charge in [0.25, 0.3) is 5.91 Å². The average molecular weight is 696 g/mol. The summed E-state index contributed by atoms with van der Waals surface area (Å²) in [5.74, 6) is 0.885. The lowest BCUT2D eigenvalue weighted by Gasteiger charge is -2.45. The fourth-order valence-electron chi connectivity index (χ4n) is 6.03. The maximum Gasteiger partial charge on any atom is 0.407 e. The van der Waals surface area contributed by atoms with Gasteiger partial charge in [-0.15, -0.1) is 0 Å². The molecule has 2 saturated heterocycles. The first-order valence-corrected chi connectivity index (χ1v) is 20.6. The number of benzene rings is 1. The Hall–Kier alpha value is -2.05. The molecule has 2 aliphatic heterocycles. The molecule has 2 fully saturated rings. The number of amides is 2. The third-order valence-corrected chi connectivity index (χ3v) is 14.7. The Morgan fingerprint density at radius 3 is 2.19 bits per heavy atom. The van der Waals surface area contributed by atoms with E-state index in [1.165, 1.54) is 7.11 Å². The number of nitrogen functional groups attached to an aromatic ring is 1. The molecule has 1 aromatic rings. The van der Waals surface area contributed by atoms with Gasteiger partial charge in [0.1, 0.15) is 11.4 Å². The Kier molecular flexibility index (Phi) is 13.9. The van der Waals surface area contributed by atoms with Gasteiger partial charge in [0.2, 0.25) is 0 Å². The van der Waals surface area contributed by atoms with Crippen LogP contribution in [0.3, 0.4) is 0 Å². The van der Waals surface area contributed by atoms with E-state index in [0.29, 0.717) is 27.9 Å². The zero-order valence-electron chi connectivity index (χ0n) is 30.6. The zero-order chi connectivity index (χ0) is 35.2. The number of carbonyl (C=O) groups excluding carboxylic acids is 2. The van der Waals surface area contributed by atoms with Gasteiger partial charge in [-0.1, -0.05) is 32.4 Å². The number of anilines is 1. The van der Waals surface area contributed by atoms with Crippen molar-refractivity contribution < 1.29 is 23.5 Å². The van der Waals surface area contributed by atoms with E-state index >= 15 is 0 Å². The number of halogens is 1. The summed E-state index contributed by atoms with van der Waals surface area (Å²) < 4.78 is 17.9. The van der Waals surface area contributed by atoms with E-state index in [0.717, 1.165) is 71.2 Å². The van der Waals surface area contributed by atoms with E-state index in [-0.39, 0.29) is 35.4 Å². The minimum Gasteiger partial charge on any atom is -0.496 e. The van der Waals surface area contributed by atoms with E-state index in [2.05, 4.69) is 54.3 Å². The van der Waals surface area contributed by atoms with Crippen molar-refractivity contribution in [2.75, 3.05) is 45.6 Å². The van der Waals surface area contributed by atoms with Gasteiger partial charge >= 0.3 is 6.09 Å². The van der Waals surface area contributed by atoms with Gasteiger partial charge in [-0.25, -0.2) is 4.79 Å². The van der Waals surface area contributed by atoms with Crippen molar-refractivity contribution in [2.24, 2.45) is 5.92 Å². The number of hydrogen-bond acceptors (Lipinski definition) is 8. The van der Waals surface area contributed by atoms with Crippen LogP contribution in [0, 0.1) is 5.92 Å². The summed E-state index contributed by atoms with van der Waals surface area (Å²) in [5.41, 5.74) is 6.16. The van der Waals surface area contributed by atoms with Crippen LogP contribution >= 0.6 is 11.6 Å². The predicted molar refractivity (Wildman–Crippen MR) is 194 cm³/mol. The molecule has 268 valence electrons. The van der Waals surface area contributed by atoms with Gasteiger partial charge in [0.05, 0.1) is 29.6 Å². The fourth-order valence-corrected chi connectivity index (χ4v) is 7.50. The molecule has 0 bridgehead atoms. The smallest absolute Gasteiger partial charge is 0.407 e. The average Bonchev–Trinajstić information content (AvgIpc) is 2.96.